The van der Waals surface area contributed by atoms with Crippen molar-refractivity contribution >= 4 is 41.2 Å². The highest BCUT2D eigenvalue weighted by Crippen LogP contribution is 2.32. The van der Waals surface area contributed by atoms with E-state index in [1.807, 2.05) is 31.7 Å². The first kappa shape index (κ1) is 17.4. The lowest BCUT2D eigenvalue weighted by Gasteiger charge is -2.10. The van der Waals surface area contributed by atoms with Crippen molar-refractivity contribution in [2.45, 2.75) is 13.3 Å². The van der Waals surface area contributed by atoms with Crippen LogP contribution >= 0.6 is 0 Å². The number of aromatic nitrogens is 1. The molecule has 1 aliphatic rings. The van der Waals surface area contributed by atoms with Gasteiger partial charge in [-0.25, -0.2) is 8.78 Å². The molecule has 133 valence electrons. The molecule has 0 spiro atoms. The van der Waals surface area contributed by atoms with Crippen LogP contribution in [-0.2, 0) is 0 Å². The Balaban J connectivity index is 1.76. The van der Waals surface area contributed by atoms with Gasteiger partial charge in [0.25, 0.3) is 0 Å². The summed E-state index contributed by atoms with van der Waals surface area (Å²) in [5.41, 5.74) is 4.86. The number of rotatable bonds is 5. The third kappa shape index (κ3) is 3.47. The van der Waals surface area contributed by atoms with Crippen molar-refractivity contribution in [1.82, 2.24) is 4.98 Å². The van der Waals surface area contributed by atoms with E-state index in [9.17, 15) is 8.78 Å². The molecule has 0 aliphatic carbocycles. The summed E-state index contributed by atoms with van der Waals surface area (Å²) in [6.45, 7) is 3.00. The van der Waals surface area contributed by atoms with Crippen LogP contribution in [-0.4, -0.2) is 24.9 Å². The lowest BCUT2D eigenvalue weighted by molar-refractivity contribution is 0.508. The molecule has 27 heavy (non-hydrogen) atoms. The summed E-state index contributed by atoms with van der Waals surface area (Å²) in [6.07, 6.45) is 4.53. The lowest BCUT2D eigenvalue weighted by Crippen LogP contribution is -2.00. The number of benzene rings is 2. The quantitative estimate of drug-likeness (QED) is 0.657. The molecule has 0 atom stereocenters. The van der Waals surface area contributed by atoms with Crippen LogP contribution in [0.3, 0.4) is 0 Å². The van der Waals surface area contributed by atoms with Crippen LogP contribution in [0.5, 0.6) is 0 Å². The predicted molar refractivity (Wildman–Crippen MR) is 108 cm³/mol. The minimum atomic E-state index is -0.867. The second-order valence-electron chi connectivity index (χ2n) is 6.39. The molecular formula is C21H17BF2N3. The molecule has 1 radical (unpaired) electrons. The zero-order chi connectivity index (χ0) is 18.8. The van der Waals surface area contributed by atoms with E-state index in [1.54, 1.807) is 12.2 Å². The van der Waals surface area contributed by atoms with Crippen LogP contribution in [0.1, 0.15) is 24.5 Å². The number of nitrogens with one attached hydrogen (secondary N) is 1. The lowest BCUT2D eigenvalue weighted by atomic mass is 9.68. The standard InChI is InChI=1S/C21H17BF2N3/c1-2-7-25-16-9-15-8-14(4-6-19(15)26-11-16)21-20(22-12-27-21)13-3-5-17(23)18(24)10-13/h3-6,8-12,25H,2,7H2,1H3. The normalized spacial score (nSPS) is 13.3. The molecule has 3 nitrogen and oxygen atoms in total. The first-order chi connectivity index (χ1) is 13.2. The molecule has 4 rings (SSSR count). The van der Waals surface area contributed by atoms with E-state index in [0.717, 1.165) is 52.4 Å². The molecule has 0 saturated heterocycles. The first-order valence-corrected chi connectivity index (χ1v) is 8.87. The van der Waals surface area contributed by atoms with Crippen molar-refractivity contribution in [1.29, 1.82) is 0 Å². The Morgan fingerprint density at radius 1 is 1.00 bits per heavy atom. The van der Waals surface area contributed by atoms with Crippen LogP contribution in [0.4, 0.5) is 14.5 Å². The van der Waals surface area contributed by atoms with E-state index in [-0.39, 0.29) is 0 Å². The number of nitrogens with zero attached hydrogens (tertiary/aromatic N) is 2. The van der Waals surface area contributed by atoms with Gasteiger partial charge in [-0.15, -0.1) is 0 Å². The Bertz CT molecular complexity index is 1080. The van der Waals surface area contributed by atoms with Gasteiger partial charge in [-0.1, -0.05) is 19.1 Å². The van der Waals surface area contributed by atoms with Crippen molar-refractivity contribution in [2.75, 3.05) is 11.9 Å². The van der Waals surface area contributed by atoms with Crippen molar-refractivity contribution in [3.05, 3.63) is 71.4 Å². The van der Waals surface area contributed by atoms with Gasteiger partial charge in [0, 0.05) is 17.5 Å². The van der Waals surface area contributed by atoms with Gasteiger partial charge >= 0.3 is 0 Å². The highest BCUT2D eigenvalue weighted by molar-refractivity contribution is 6.87. The molecular weight excluding hydrogens is 343 g/mol. The van der Waals surface area contributed by atoms with Crippen molar-refractivity contribution in [3.8, 4) is 0 Å². The summed E-state index contributed by atoms with van der Waals surface area (Å²) in [4.78, 5) is 8.93. The van der Waals surface area contributed by atoms with Crippen LogP contribution in [0.25, 0.3) is 22.1 Å². The molecule has 0 amide bonds. The fraction of sp³-hybridized carbons (Fsp3) is 0.143. The maximum atomic E-state index is 13.6. The van der Waals surface area contributed by atoms with E-state index in [0.29, 0.717) is 5.56 Å². The number of fused-ring (bicyclic) bond motifs is 1. The number of pyridine rings is 1. The molecule has 1 N–H and O–H groups in total. The molecule has 3 aromatic rings. The van der Waals surface area contributed by atoms with Gasteiger partial charge in [-0.2, -0.15) is 0 Å². The second-order valence-corrected chi connectivity index (χ2v) is 6.39. The number of anilines is 1. The average Bonchev–Trinajstić information content (AvgIpc) is 3.17. The highest BCUT2D eigenvalue weighted by Gasteiger charge is 2.17. The first-order valence-electron chi connectivity index (χ1n) is 8.87. The SMILES string of the molecule is CCCNc1cnc2ccc(C3=C(c4ccc(F)c(F)c4)[B]C=N3)cc2c1. The Morgan fingerprint density at radius 3 is 2.67 bits per heavy atom. The zero-order valence-corrected chi connectivity index (χ0v) is 14.8. The summed E-state index contributed by atoms with van der Waals surface area (Å²) in [5.74, 6) is -1.72. The molecule has 0 bridgehead atoms. The average molecular weight is 360 g/mol. The molecule has 6 heteroatoms. The fourth-order valence-electron chi connectivity index (χ4n) is 3.11. The second kappa shape index (κ2) is 7.31. The number of halogens is 2. The number of aliphatic imine (C=N–C) groups is 1. The van der Waals surface area contributed by atoms with Crippen LogP contribution in [0.2, 0.25) is 0 Å². The van der Waals surface area contributed by atoms with Crippen LogP contribution in [0, 0.1) is 11.6 Å². The van der Waals surface area contributed by atoms with Gasteiger partial charge < -0.3 is 5.32 Å². The van der Waals surface area contributed by atoms with Crippen molar-refractivity contribution in [2.24, 2.45) is 4.99 Å². The molecule has 1 aromatic heterocycles. The summed E-state index contributed by atoms with van der Waals surface area (Å²) in [5, 5.41) is 4.33. The van der Waals surface area contributed by atoms with E-state index in [4.69, 9.17) is 0 Å². The fourth-order valence-corrected chi connectivity index (χ4v) is 3.11. The van der Waals surface area contributed by atoms with E-state index in [1.165, 1.54) is 6.07 Å². The summed E-state index contributed by atoms with van der Waals surface area (Å²) >= 11 is 0. The minimum Gasteiger partial charge on any atom is -0.384 e. The van der Waals surface area contributed by atoms with Crippen molar-refractivity contribution < 1.29 is 8.78 Å². The Hall–Kier alpha value is -3.02. The molecule has 0 fully saturated rings. The Labute approximate surface area is 157 Å². The third-order valence-electron chi connectivity index (χ3n) is 4.46. The third-order valence-corrected chi connectivity index (χ3v) is 4.46. The van der Waals surface area contributed by atoms with E-state index in [2.05, 4.69) is 28.3 Å². The summed E-state index contributed by atoms with van der Waals surface area (Å²) < 4.78 is 26.9. The van der Waals surface area contributed by atoms with Crippen molar-refractivity contribution in [3.63, 3.8) is 0 Å². The number of hydrogen-bond acceptors (Lipinski definition) is 3. The molecule has 0 saturated carbocycles. The Morgan fingerprint density at radius 2 is 1.85 bits per heavy atom. The number of hydrogen-bond donors (Lipinski definition) is 1. The molecule has 2 aromatic carbocycles. The van der Waals surface area contributed by atoms with Crippen LogP contribution in [0.15, 0.2) is 53.7 Å². The highest BCUT2D eigenvalue weighted by atomic mass is 19.2. The van der Waals surface area contributed by atoms with E-state index >= 15 is 0 Å². The van der Waals surface area contributed by atoms with Crippen LogP contribution < -0.4 is 5.32 Å². The minimum absolute atomic E-state index is 0.595. The maximum absolute atomic E-state index is 13.6. The van der Waals surface area contributed by atoms with Gasteiger partial charge in [0.2, 0.25) is 7.28 Å². The summed E-state index contributed by atoms with van der Waals surface area (Å²) in [6, 6.07) is 11.9. The molecule has 0 unspecified atom stereocenters. The van der Waals surface area contributed by atoms with E-state index < -0.39 is 11.6 Å². The zero-order valence-electron chi connectivity index (χ0n) is 14.8. The van der Waals surface area contributed by atoms with Gasteiger partial charge in [0.15, 0.2) is 11.6 Å². The topological polar surface area (TPSA) is 37.3 Å². The molecule has 2 heterocycles. The smallest absolute Gasteiger partial charge is 0.210 e. The largest absolute Gasteiger partial charge is 0.384 e. The Kier molecular flexibility index (Phi) is 4.71. The monoisotopic (exact) mass is 360 g/mol. The van der Waals surface area contributed by atoms with Gasteiger partial charge in [0.1, 0.15) is 0 Å². The van der Waals surface area contributed by atoms with Gasteiger partial charge in [0.05, 0.1) is 23.1 Å². The van der Waals surface area contributed by atoms with Gasteiger partial charge in [-0.05, 0) is 53.9 Å². The summed E-state index contributed by atoms with van der Waals surface area (Å²) in [7, 11) is 1.81. The maximum Gasteiger partial charge on any atom is 0.210 e. The van der Waals surface area contributed by atoms with Gasteiger partial charge in [-0.3, -0.25) is 9.98 Å². The molecule has 1 aliphatic heterocycles. The predicted octanol–water partition coefficient (Wildman–Crippen LogP) is 4.91.